The van der Waals surface area contributed by atoms with E-state index in [1.807, 2.05) is 30.3 Å². The Kier molecular flexibility index (Phi) is 3.72. The number of hydrogen-bond acceptors (Lipinski definition) is 3. The molecule has 1 heterocycles. The van der Waals surface area contributed by atoms with Gasteiger partial charge in [0.05, 0.1) is 19.3 Å². The van der Waals surface area contributed by atoms with Gasteiger partial charge in [0.2, 0.25) is 5.69 Å². The van der Waals surface area contributed by atoms with Gasteiger partial charge in [-0.3, -0.25) is 4.68 Å². The molecule has 2 aromatic rings. The number of ether oxygens (including phenoxy) is 1. The Labute approximate surface area is 104 Å². The van der Waals surface area contributed by atoms with Crippen LogP contribution in [0.3, 0.4) is 0 Å². The number of carbonyl (C=O) groups is 1. The van der Waals surface area contributed by atoms with Gasteiger partial charge in [-0.2, -0.15) is 5.10 Å². The molecule has 0 unspecified atom stereocenters. The SMILES string of the molecule is CCOC(=O)c1nn(Cc2ccccc2)cc1F. The molecule has 18 heavy (non-hydrogen) atoms. The summed E-state index contributed by atoms with van der Waals surface area (Å²) in [6, 6.07) is 9.49. The van der Waals surface area contributed by atoms with Crippen molar-refractivity contribution >= 4 is 5.97 Å². The van der Waals surface area contributed by atoms with Crippen LogP contribution in [0, 0.1) is 5.82 Å². The molecule has 0 aliphatic rings. The lowest BCUT2D eigenvalue weighted by Gasteiger charge is -2.00. The van der Waals surface area contributed by atoms with Gasteiger partial charge in [0, 0.05) is 0 Å². The maximum Gasteiger partial charge on any atom is 0.361 e. The van der Waals surface area contributed by atoms with E-state index in [1.54, 1.807) is 6.92 Å². The summed E-state index contributed by atoms with van der Waals surface area (Å²) in [6.07, 6.45) is 1.19. The number of benzene rings is 1. The first-order chi connectivity index (χ1) is 8.70. The predicted octanol–water partition coefficient (Wildman–Crippen LogP) is 2.25. The number of rotatable bonds is 4. The second kappa shape index (κ2) is 5.44. The second-order valence-corrected chi connectivity index (χ2v) is 3.73. The van der Waals surface area contributed by atoms with Crippen LogP contribution >= 0.6 is 0 Å². The van der Waals surface area contributed by atoms with Gasteiger partial charge in [0.1, 0.15) is 0 Å². The second-order valence-electron chi connectivity index (χ2n) is 3.73. The van der Waals surface area contributed by atoms with Crippen molar-refractivity contribution in [1.29, 1.82) is 0 Å². The van der Waals surface area contributed by atoms with Gasteiger partial charge in [-0.05, 0) is 12.5 Å². The van der Waals surface area contributed by atoms with Crippen LogP contribution in [0.2, 0.25) is 0 Å². The highest BCUT2D eigenvalue weighted by Crippen LogP contribution is 2.08. The molecule has 0 aliphatic heterocycles. The molecule has 0 aliphatic carbocycles. The molecule has 0 saturated heterocycles. The molecule has 1 aromatic carbocycles. The number of nitrogens with zero attached hydrogens (tertiary/aromatic N) is 2. The normalized spacial score (nSPS) is 10.3. The van der Waals surface area contributed by atoms with Crippen molar-refractivity contribution < 1.29 is 13.9 Å². The third kappa shape index (κ3) is 2.74. The minimum Gasteiger partial charge on any atom is -0.461 e. The van der Waals surface area contributed by atoms with Gasteiger partial charge in [0.25, 0.3) is 0 Å². The zero-order valence-electron chi connectivity index (χ0n) is 9.97. The van der Waals surface area contributed by atoms with E-state index in [2.05, 4.69) is 5.10 Å². The molecule has 0 atom stereocenters. The highest BCUT2D eigenvalue weighted by molar-refractivity contribution is 5.87. The van der Waals surface area contributed by atoms with Crippen LogP contribution in [0.25, 0.3) is 0 Å². The molecule has 4 nitrogen and oxygen atoms in total. The van der Waals surface area contributed by atoms with Crippen molar-refractivity contribution in [3.63, 3.8) is 0 Å². The molecule has 0 saturated carbocycles. The molecule has 0 amide bonds. The smallest absolute Gasteiger partial charge is 0.361 e. The summed E-state index contributed by atoms with van der Waals surface area (Å²) in [5.41, 5.74) is 0.711. The standard InChI is InChI=1S/C13H13FN2O2/c1-2-18-13(17)12-11(14)9-16(15-12)8-10-6-4-3-5-7-10/h3-7,9H,2,8H2,1H3. The quantitative estimate of drug-likeness (QED) is 0.779. The van der Waals surface area contributed by atoms with E-state index >= 15 is 0 Å². The molecule has 0 spiro atoms. The predicted molar refractivity (Wildman–Crippen MR) is 63.7 cm³/mol. The summed E-state index contributed by atoms with van der Waals surface area (Å²) in [6.45, 7) is 2.28. The first kappa shape index (κ1) is 12.3. The van der Waals surface area contributed by atoms with Gasteiger partial charge >= 0.3 is 5.97 Å². The van der Waals surface area contributed by atoms with E-state index in [1.165, 1.54) is 10.9 Å². The van der Waals surface area contributed by atoms with Crippen LogP contribution in [0.5, 0.6) is 0 Å². The van der Waals surface area contributed by atoms with Crippen LogP contribution in [-0.2, 0) is 11.3 Å². The molecule has 0 radical (unpaired) electrons. The fourth-order valence-electron chi connectivity index (χ4n) is 1.59. The maximum atomic E-state index is 13.5. The van der Waals surface area contributed by atoms with Crippen LogP contribution in [0.4, 0.5) is 4.39 Å². The summed E-state index contributed by atoms with van der Waals surface area (Å²) in [7, 11) is 0. The third-order valence-corrected chi connectivity index (χ3v) is 2.37. The van der Waals surface area contributed by atoms with E-state index in [0.717, 1.165) is 5.56 Å². The van der Waals surface area contributed by atoms with Crippen LogP contribution < -0.4 is 0 Å². The first-order valence-electron chi connectivity index (χ1n) is 5.64. The Morgan fingerprint density at radius 3 is 2.78 bits per heavy atom. The fourth-order valence-corrected chi connectivity index (χ4v) is 1.59. The van der Waals surface area contributed by atoms with Crippen LogP contribution in [-0.4, -0.2) is 22.4 Å². The lowest BCUT2D eigenvalue weighted by Crippen LogP contribution is -2.08. The average molecular weight is 248 g/mol. The average Bonchev–Trinajstić information content (AvgIpc) is 2.72. The van der Waals surface area contributed by atoms with Gasteiger partial charge in [-0.15, -0.1) is 0 Å². The summed E-state index contributed by atoms with van der Waals surface area (Å²) < 4.78 is 19.6. The van der Waals surface area contributed by atoms with Crippen molar-refractivity contribution in [2.75, 3.05) is 6.61 Å². The fraction of sp³-hybridized carbons (Fsp3) is 0.231. The molecule has 0 fully saturated rings. The van der Waals surface area contributed by atoms with E-state index in [4.69, 9.17) is 4.74 Å². The Morgan fingerprint density at radius 2 is 2.11 bits per heavy atom. The van der Waals surface area contributed by atoms with E-state index in [-0.39, 0.29) is 12.3 Å². The van der Waals surface area contributed by atoms with Crippen LogP contribution in [0.1, 0.15) is 23.0 Å². The number of esters is 1. The molecule has 0 bridgehead atoms. The van der Waals surface area contributed by atoms with Crippen molar-refractivity contribution in [2.24, 2.45) is 0 Å². The van der Waals surface area contributed by atoms with Crippen molar-refractivity contribution in [2.45, 2.75) is 13.5 Å². The van der Waals surface area contributed by atoms with E-state index in [9.17, 15) is 9.18 Å². The largest absolute Gasteiger partial charge is 0.461 e. The van der Waals surface area contributed by atoms with Crippen molar-refractivity contribution in [3.05, 3.63) is 53.6 Å². The molecule has 2 rings (SSSR count). The molecule has 1 aromatic heterocycles. The summed E-state index contributed by atoms with van der Waals surface area (Å²) in [5.74, 6) is -1.40. The zero-order valence-corrected chi connectivity index (χ0v) is 9.97. The highest BCUT2D eigenvalue weighted by atomic mass is 19.1. The van der Waals surface area contributed by atoms with E-state index in [0.29, 0.717) is 6.54 Å². The summed E-state index contributed by atoms with van der Waals surface area (Å²) in [4.78, 5) is 11.4. The lowest BCUT2D eigenvalue weighted by molar-refractivity contribution is 0.0513. The van der Waals surface area contributed by atoms with Gasteiger partial charge in [0.15, 0.2) is 5.82 Å². The van der Waals surface area contributed by atoms with Crippen LogP contribution in [0.15, 0.2) is 36.5 Å². The maximum absolute atomic E-state index is 13.5. The summed E-state index contributed by atoms with van der Waals surface area (Å²) in [5, 5.41) is 3.89. The third-order valence-electron chi connectivity index (χ3n) is 2.37. The number of aromatic nitrogens is 2. The number of carbonyl (C=O) groups excluding carboxylic acids is 1. The number of hydrogen-bond donors (Lipinski definition) is 0. The molecular formula is C13H13FN2O2. The minimum atomic E-state index is -0.734. The minimum absolute atomic E-state index is 0.198. The molecule has 94 valence electrons. The van der Waals surface area contributed by atoms with Gasteiger partial charge in [-0.1, -0.05) is 30.3 Å². The van der Waals surface area contributed by atoms with Gasteiger partial charge < -0.3 is 4.74 Å². The Bertz CT molecular complexity index is 537. The number of halogens is 1. The zero-order chi connectivity index (χ0) is 13.0. The monoisotopic (exact) mass is 248 g/mol. The first-order valence-corrected chi connectivity index (χ1v) is 5.64. The molecule has 5 heteroatoms. The molecule has 0 N–H and O–H groups in total. The lowest BCUT2D eigenvalue weighted by atomic mass is 10.2. The topological polar surface area (TPSA) is 44.1 Å². The Hall–Kier alpha value is -2.17. The highest BCUT2D eigenvalue weighted by Gasteiger charge is 2.17. The summed E-state index contributed by atoms with van der Waals surface area (Å²) >= 11 is 0. The van der Waals surface area contributed by atoms with Crippen molar-refractivity contribution in [3.8, 4) is 0 Å². The molecular weight excluding hydrogens is 235 g/mol. The Balaban J connectivity index is 2.16. The Morgan fingerprint density at radius 1 is 1.39 bits per heavy atom. The van der Waals surface area contributed by atoms with Gasteiger partial charge in [-0.25, -0.2) is 9.18 Å². The van der Waals surface area contributed by atoms with Crippen molar-refractivity contribution in [1.82, 2.24) is 9.78 Å². The van der Waals surface area contributed by atoms with E-state index < -0.39 is 11.8 Å².